The van der Waals surface area contributed by atoms with Crippen molar-refractivity contribution in [3.8, 4) is 0 Å². The van der Waals surface area contributed by atoms with Gasteiger partial charge >= 0.3 is 16.1 Å². The second kappa shape index (κ2) is 8.49. The number of sulfonamides is 1. The molecule has 0 spiro atoms. The number of benzene rings is 1. The van der Waals surface area contributed by atoms with Gasteiger partial charge in [0.05, 0.1) is 5.69 Å². The van der Waals surface area contributed by atoms with Crippen molar-refractivity contribution in [3.63, 3.8) is 0 Å². The first-order chi connectivity index (χ1) is 12.8. The van der Waals surface area contributed by atoms with E-state index in [4.69, 9.17) is 4.74 Å². The molecule has 0 unspecified atom stereocenters. The van der Waals surface area contributed by atoms with Crippen LogP contribution in [0.3, 0.4) is 0 Å². The third kappa shape index (κ3) is 4.11. The summed E-state index contributed by atoms with van der Waals surface area (Å²) in [6.07, 6.45) is 1.11. The van der Waals surface area contributed by atoms with Crippen LogP contribution in [0.4, 0.5) is 10.5 Å². The molecule has 0 saturated heterocycles. The Bertz CT molecular complexity index is 886. The molecular weight excluding hydrogens is 370 g/mol. The summed E-state index contributed by atoms with van der Waals surface area (Å²) in [7, 11) is -2.71. The largest absolute Gasteiger partial charge is 0.363 e. The molecule has 0 fully saturated rings. The van der Waals surface area contributed by atoms with Crippen molar-refractivity contribution in [1.82, 2.24) is 19.7 Å². The molecule has 2 rings (SSSR count). The number of aryl methyl sites for hydroxylation is 2. The van der Waals surface area contributed by atoms with E-state index in [0.29, 0.717) is 18.8 Å². The fourth-order valence-corrected chi connectivity index (χ4v) is 4.11. The highest BCUT2D eigenvalue weighted by Gasteiger charge is 2.31. The standard InChI is InChI=1S/C17H25N5O4S/c1-6-20(7-2)17(23)21-11-18-16(19-21)27(24,25)22(12-26-5)15-13(3)9-8-10-14(15)4/h8-11H,6-7,12H2,1-5H3. The lowest BCUT2D eigenvalue weighted by molar-refractivity contribution is 0.201. The van der Waals surface area contributed by atoms with Crippen LogP contribution in [0, 0.1) is 13.8 Å². The Balaban J connectivity index is 2.48. The summed E-state index contributed by atoms with van der Waals surface area (Å²) in [5.41, 5.74) is 2.05. The Hall–Kier alpha value is -2.46. The minimum absolute atomic E-state index is 0.202. The molecule has 0 bridgehead atoms. The van der Waals surface area contributed by atoms with E-state index in [1.807, 2.05) is 45.9 Å². The Morgan fingerprint density at radius 1 is 1.19 bits per heavy atom. The van der Waals surface area contributed by atoms with Crippen LogP contribution >= 0.6 is 0 Å². The summed E-state index contributed by atoms with van der Waals surface area (Å²) in [4.78, 5) is 17.8. The number of aromatic nitrogens is 3. The zero-order chi connectivity index (χ0) is 20.2. The summed E-state index contributed by atoms with van der Waals surface area (Å²) >= 11 is 0. The van der Waals surface area contributed by atoms with E-state index in [2.05, 4.69) is 10.1 Å². The van der Waals surface area contributed by atoms with Gasteiger partial charge in [-0.3, -0.25) is 0 Å². The van der Waals surface area contributed by atoms with Crippen molar-refractivity contribution in [2.45, 2.75) is 32.9 Å². The van der Waals surface area contributed by atoms with E-state index in [0.717, 1.165) is 26.4 Å². The van der Waals surface area contributed by atoms with Gasteiger partial charge in [0.25, 0.3) is 5.16 Å². The summed E-state index contributed by atoms with van der Waals surface area (Å²) < 4.78 is 33.5. The maximum Gasteiger partial charge on any atom is 0.346 e. The SMILES string of the molecule is CCN(CC)C(=O)n1cnc(S(=O)(=O)N(COC)c2c(C)cccc2C)n1. The van der Waals surface area contributed by atoms with Gasteiger partial charge in [-0.25, -0.2) is 14.1 Å². The Morgan fingerprint density at radius 2 is 1.78 bits per heavy atom. The fourth-order valence-electron chi connectivity index (χ4n) is 2.77. The highest BCUT2D eigenvalue weighted by atomic mass is 32.2. The van der Waals surface area contributed by atoms with Gasteiger partial charge in [-0.1, -0.05) is 18.2 Å². The molecule has 27 heavy (non-hydrogen) atoms. The quantitative estimate of drug-likeness (QED) is 0.665. The molecule has 0 aliphatic heterocycles. The van der Waals surface area contributed by atoms with E-state index in [-0.39, 0.29) is 6.73 Å². The van der Waals surface area contributed by atoms with E-state index >= 15 is 0 Å². The monoisotopic (exact) mass is 395 g/mol. The third-order valence-electron chi connectivity index (χ3n) is 4.16. The van der Waals surface area contributed by atoms with E-state index < -0.39 is 21.2 Å². The van der Waals surface area contributed by atoms with Crippen LogP contribution in [0.2, 0.25) is 0 Å². The predicted molar refractivity (Wildman–Crippen MR) is 101 cm³/mol. The molecule has 2 aromatic rings. The van der Waals surface area contributed by atoms with Crippen LogP contribution in [-0.2, 0) is 14.8 Å². The zero-order valence-electron chi connectivity index (χ0n) is 16.2. The molecule has 0 aliphatic rings. The van der Waals surface area contributed by atoms with Crippen LogP contribution in [0.5, 0.6) is 0 Å². The second-order valence-corrected chi connectivity index (χ2v) is 7.69. The van der Waals surface area contributed by atoms with E-state index in [1.165, 1.54) is 12.0 Å². The predicted octanol–water partition coefficient (Wildman–Crippen LogP) is 2.00. The molecule has 0 N–H and O–H groups in total. The van der Waals surface area contributed by atoms with Crippen molar-refractivity contribution < 1.29 is 17.9 Å². The number of hydrogen-bond donors (Lipinski definition) is 0. The number of methoxy groups -OCH3 is 1. The first-order valence-corrected chi connectivity index (χ1v) is 10.0. The lowest BCUT2D eigenvalue weighted by atomic mass is 10.1. The van der Waals surface area contributed by atoms with Crippen molar-refractivity contribution in [3.05, 3.63) is 35.7 Å². The van der Waals surface area contributed by atoms with Crippen molar-refractivity contribution in [2.75, 3.05) is 31.2 Å². The number of para-hydroxylation sites is 1. The molecule has 0 aliphatic carbocycles. The number of anilines is 1. The highest BCUT2D eigenvalue weighted by molar-refractivity contribution is 7.92. The number of hydrogen-bond acceptors (Lipinski definition) is 6. The van der Waals surface area contributed by atoms with E-state index in [1.54, 1.807) is 0 Å². The Kier molecular flexibility index (Phi) is 6.55. The topological polar surface area (TPSA) is 97.6 Å². The highest BCUT2D eigenvalue weighted by Crippen LogP contribution is 2.28. The summed E-state index contributed by atoms with van der Waals surface area (Å²) in [6.45, 7) is 8.05. The first kappa shape index (κ1) is 20.8. The number of carbonyl (C=O) groups excluding carboxylic acids is 1. The summed E-state index contributed by atoms with van der Waals surface area (Å²) in [5.74, 6) is 0. The molecule has 148 valence electrons. The molecule has 10 heteroatoms. The smallest absolute Gasteiger partial charge is 0.346 e. The van der Waals surface area contributed by atoms with Crippen LogP contribution in [0.15, 0.2) is 29.7 Å². The first-order valence-electron chi connectivity index (χ1n) is 8.56. The van der Waals surface area contributed by atoms with Crippen molar-refractivity contribution in [1.29, 1.82) is 0 Å². The van der Waals surface area contributed by atoms with Crippen LogP contribution < -0.4 is 4.31 Å². The number of nitrogens with zero attached hydrogens (tertiary/aromatic N) is 5. The normalized spacial score (nSPS) is 11.4. The lowest BCUT2D eigenvalue weighted by Crippen LogP contribution is -2.36. The van der Waals surface area contributed by atoms with Crippen molar-refractivity contribution >= 4 is 21.7 Å². The van der Waals surface area contributed by atoms with Gasteiger partial charge in [0.1, 0.15) is 13.1 Å². The van der Waals surface area contributed by atoms with Gasteiger partial charge in [-0.15, -0.1) is 5.10 Å². The zero-order valence-corrected chi connectivity index (χ0v) is 17.0. The van der Waals surface area contributed by atoms with Crippen LogP contribution in [0.25, 0.3) is 0 Å². The second-order valence-electron chi connectivity index (χ2n) is 5.94. The number of amides is 1. The minimum atomic E-state index is -4.12. The van der Waals surface area contributed by atoms with Gasteiger partial charge < -0.3 is 9.64 Å². The number of rotatable bonds is 7. The average molecular weight is 395 g/mol. The molecule has 0 radical (unpaired) electrons. The van der Waals surface area contributed by atoms with Gasteiger partial charge in [0.2, 0.25) is 0 Å². The Morgan fingerprint density at radius 3 is 2.30 bits per heavy atom. The molecule has 1 aromatic heterocycles. The van der Waals surface area contributed by atoms with Gasteiger partial charge in [0, 0.05) is 20.2 Å². The van der Waals surface area contributed by atoms with Gasteiger partial charge in [0.15, 0.2) is 0 Å². The molecule has 1 heterocycles. The number of ether oxygens (including phenoxy) is 1. The van der Waals surface area contributed by atoms with Crippen LogP contribution in [-0.4, -0.2) is 61.0 Å². The lowest BCUT2D eigenvalue weighted by Gasteiger charge is -2.25. The van der Waals surface area contributed by atoms with Crippen molar-refractivity contribution in [2.24, 2.45) is 0 Å². The average Bonchev–Trinajstić information content (AvgIpc) is 3.12. The van der Waals surface area contributed by atoms with Crippen LogP contribution in [0.1, 0.15) is 25.0 Å². The molecule has 1 amide bonds. The Labute approximate surface area is 159 Å². The molecule has 1 aromatic carbocycles. The maximum atomic E-state index is 13.2. The molecule has 0 saturated carbocycles. The third-order valence-corrected chi connectivity index (χ3v) is 5.67. The summed E-state index contributed by atoms with van der Waals surface area (Å²) in [5, 5.41) is 3.46. The number of carbonyl (C=O) groups is 1. The molecular formula is C17H25N5O4S. The van der Waals surface area contributed by atoms with E-state index in [9.17, 15) is 13.2 Å². The fraction of sp³-hybridized carbons (Fsp3) is 0.471. The van der Waals surface area contributed by atoms with Gasteiger partial charge in [-0.2, -0.15) is 13.1 Å². The minimum Gasteiger partial charge on any atom is -0.363 e. The molecule has 9 nitrogen and oxygen atoms in total. The maximum absolute atomic E-state index is 13.2. The molecule has 0 atom stereocenters. The van der Waals surface area contributed by atoms with Gasteiger partial charge in [-0.05, 0) is 38.8 Å². The summed E-state index contributed by atoms with van der Waals surface area (Å²) in [6, 6.07) is 5.05.